The Morgan fingerprint density at radius 3 is 2.57 bits per heavy atom. The van der Waals surface area contributed by atoms with E-state index in [0.717, 1.165) is 37.8 Å². The van der Waals surface area contributed by atoms with E-state index in [-0.39, 0.29) is 24.6 Å². The molecule has 1 aromatic rings. The van der Waals surface area contributed by atoms with Crippen LogP contribution in [0.15, 0.2) is 40.7 Å². The molecule has 0 aromatic heterocycles. The van der Waals surface area contributed by atoms with Crippen LogP contribution in [0.25, 0.3) is 0 Å². The minimum absolute atomic E-state index is 0.116. The molecule has 1 fully saturated rings. The lowest BCUT2D eigenvalue weighted by molar-refractivity contribution is -0.151. The highest BCUT2D eigenvalue weighted by atomic mass is 16.7. The molecule has 0 amide bonds. The summed E-state index contributed by atoms with van der Waals surface area (Å²) in [5.74, 6) is -2.00. The van der Waals surface area contributed by atoms with Crippen molar-refractivity contribution >= 4 is 17.7 Å². The smallest absolute Gasteiger partial charge is 0.337 e. The van der Waals surface area contributed by atoms with E-state index in [1.807, 2.05) is 26.0 Å². The molecule has 0 unspecified atom stereocenters. The third kappa shape index (κ3) is 4.19. The average Bonchev–Trinajstić information content (AvgIpc) is 3.31. The summed E-state index contributed by atoms with van der Waals surface area (Å²) >= 11 is 0. The van der Waals surface area contributed by atoms with Gasteiger partial charge >= 0.3 is 11.9 Å². The molecule has 1 aromatic carbocycles. The van der Waals surface area contributed by atoms with Crippen LogP contribution in [0.2, 0.25) is 0 Å². The molecule has 186 valence electrons. The third-order valence-electron chi connectivity index (χ3n) is 7.52. The van der Waals surface area contributed by atoms with Gasteiger partial charge in [0, 0.05) is 22.9 Å². The monoisotopic (exact) mass is 481 g/mol. The van der Waals surface area contributed by atoms with Gasteiger partial charge < -0.3 is 24.3 Å². The maximum Gasteiger partial charge on any atom is 0.337 e. The van der Waals surface area contributed by atoms with E-state index < -0.39 is 23.8 Å². The van der Waals surface area contributed by atoms with Crippen LogP contribution in [0.5, 0.6) is 11.5 Å². The summed E-state index contributed by atoms with van der Waals surface area (Å²) < 4.78 is 22.0. The minimum atomic E-state index is -0.925. The summed E-state index contributed by atoms with van der Waals surface area (Å²) in [5.41, 5.74) is 2.91. The Balaban J connectivity index is 1.59. The fraction of sp³-hybridized carbons (Fsp3) is 0.519. The van der Waals surface area contributed by atoms with Gasteiger partial charge in [0.05, 0.1) is 12.7 Å². The molecule has 1 saturated carbocycles. The van der Waals surface area contributed by atoms with Crippen LogP contribution < -0.4 is 14.8 Å². The van der Waals surface area contributed by atoms with Gasteiger partial charge in [-0.25, -0.2) is 4.79 Å². The molecule has 8 nitrogen and oxygen atoms in total. The Labute approximate surface area is 204 Å². The highest BCUT2D eigenvalue weighted by molar-refractivity contribution is 6.12. The number of ether oxygens (including phenoxy) is 4. The predicted octanol–water partition coefficient (Wildman–Crippen LogP) is 3.90. The van der Waals surface area contributed by atoms with Gasteiger partial charge in [-0.15, -0.1) is 0 Å². The van der Waals surface area contributed by atoms with Gasteiger partial charge in [0.1, 0.15) is 12.0 Å². The van der Waals surface area contributed by atoms with Gasteiger partial charge in [-0.3, -0.25) is 9.59 Å². The number of carbonyl (C=O) groups excluding carboxylic acids is 3. The van der Waals surface area contributed by atoms with Crippen LogP contribution in [0.1, 0.15) is 63.9 Å². The second-order valence-electron chi connectivity index (χ2n) is 9.81. The Morgan fingerprint density at radius 2 is 1.83 bits per heavy atom. The van der Waals surface area contributed by atoms with E-state index in [0.29, 0.717) is 40.3 Å². The molecular formula is C27H31NO7. The number of carbonyl (C=O) groups is 3. The summed E-state index contributed by atoms with van der Waals surface area (Å²) in [7, 11) is 1.29. The van der Waals surface area contributed by atoms with Crippen LogP contribution in [0, 0.1) is 11.8 Å². The van der Waals surface area contributed by atoms with E-state index >= 15 is 0 Å². The first-order valence-electron chi connectivity index (χ1n) is 12.3. The average molecular weight is 482 g/mol. The van der Waals surface area contributed by atoms with Crippen LogP contribution >= 0.6 is 0 Å². The van der Waals surface area contributed by atoms with Crippen molar-refractivity contribution in [3.8, 4) is 11.5 Å². The number of hydrogen-bond donors (Lipinski definition) is 1. The number of ketones is 1. The van der Waals surface area contributed by atoms with Gasteiger partial charge in [-0.2, -0.15) is 0 Å². The van der Waals surface area contributed by atoms with Crippen molar-refractivity contribution in [3.05, 3.63) is 46.3 Å². The topological polar surface area (TPSA) is 100 Å². The summed E-state index contributed by atoms with van der Waals surface area (Å²) in [4.78, 5) is 40.0. The molecule has 5 rings (SSSR count). The lowest BCUT2D eigenvalue weighted by Gasteiger charge is -2.38. The Kier molecular flexibility index (Phi) is 6.30. The van der Waals surface area contributed by atoms with Crippen molar-refractivity contribution in [2.24, 2.45) is 11.8 Å². The van der Waals surface area contributed by atoms with Crippen molar-refractivity contribution in [3.63, 3.8) is 0 Å². The zero-order chi connectivity index (χ0) is 24.7. The van der Waals surface area contributed by atoms with Gasteiger partial charge in [0.2, 0.25) is 6.79 Å². The largest absolute Gasteiger partial charge is 0.468 e. The molecule has 3 atom stereocenters. The maximum absolute atomic E-state index is 13.8. The molecule has 8 heteroatoms. The maximum atomic E-state index is 13.8. The first-order chi connectivity index (χ1) is 16.9. The van der Waals surface area contributed by atoms with E-state index in [2.05, 4.69) is 5.32 Å². The summed E-state index contributed by atoms with van der Waals surface area (Å²) in [6, 6.07) is 5.43. The van der Waals surface area contributed by atoms with Crippen molar-refractivity contribution in [1.82, 2.24) is 5.32 Å². The van der Waals surface area contributed by atoms with Crippen molar-refractivity contribution in [2.75, 3.05) is 13.9 Å². The standard InChI is InChI=1S/C27H31NO7/c1-14-11-18-24(25(29)21(14)26(30)32-3)23(16-9-10-19-20(12-16)34-13-33-19)22(15(2)28-18)27(31)35-17-7-5-4-6-8-17/h9-10,12,14,17,21,23,28H,4-8,11,13H2,1-3H3/t14-,21-,23+/m0/s1. The van der Waals surface area contributed by atoms with Gasteiger partial charge in [0.15, 0.2) is 17.3 Å². The summed E-state index contributed by atoms with van der Waals surface area (Å²) in [6.07, 6.45) is 5.26. The molecule has 4 aliphatic rings. The van der Waals surface area contributed by atoms with Crippen molar-refractivity contribution in [2.45, 2.75) is 64.4 Å². The quantitative estimate of drug-likeness (QED) is 0.511. The minimum Gasteiger partial charge on any atom is -0.468 e. The number of Topliss-reactive ketones (excluding diaryl/α,β-unsaturated/α-hetero) is 1. The molecule has 2 heterocycles. The highest BCUT2D eigenvalue weighted by Gasteiger charge is 2.47. The molecule has 35 heavy (non-hydrogen) atoms. The first kappa shape index (κ1) is 23.5. The number of benzene rings is 1. The van der Waals surface area contributed by atoms with Gasteiger partial charge in [-0.1, -0.05) is 19.4 Å². The molecular weight excluding hydrogens is 450 g/mol. The normalized spacial score (nSPS) is 26.3. The number of hydrogen-bond acceptors (Lipinski definition) is 8. The number of fused-ring (bicyclic) bond motifs is 1. The predicted molar refractivity (Wildman–Crippen MR) is 125 cm³/mol. The number of dihydropyridines is 1. The highest BCUT2D eigenvalue weighted by Crippen LogP contribution is 2.47. The number of esters is 2. The summed E-state index contributed by atoms with van der Waals surface area (Å²) in [5, 5.41) is 3.31. The van der Waals surface area contributed by atoms with E-state index in [4.69, 9.17) is 18.9 Å². The number of allylic oxidation sites excluding steroid dienone is 3. The second kappa shape index (κ2) is 9.40. The van der Waals surface area contributed by atoms with Crippen LogP contribution in [0.3, 0.4) is 0 Å². The number of rotatable bonds is 4. The molecule has 2 aliphatic heterocycles. The summed E-state index contributed by atoms with van der Waals surface area (Å²) in [6.45, 7) is 3.82. The zero-order valence-corrected chi connectivity index (χ0v) is 20.3. The van der Waals surface area contributed by atoms with Crippen molar-refractivity contribution in [1.29, 1.82) is 0 Å². The fourth-order valence-electron chi connectivity index (χ4n) is 5.77. The zero-order valence-electron chi connectivity index (χ0n) is 20.3. The molecule has 1 N–H and O–H groups in total. The van der Waals surface area contributed by atoms with E-state index in [9.17, 15) is 14.4 Å². The molecule has 2 aliphatic carbocycles. The fourth-order valence-corrected chi connectivity index (χ4v) is 5.77. The molecule has 0 radical (unpaired) electrons. The first-order valence-corrected chi connectivity index (χ1v) is 12.3. The number of nitrogens with one attached hydrogen (secondary N) is 1. The van der Waals surface area contributed by atoms with E-state index in [1.165, 1.54) is 7.11 Å². The number of methoxy groups -OCH3 is 1. The Morgan fingerprint density at radius 1 is 1.09 bits per heavy atom. The molecule has 0 spiro atoms. The van der Waals surface area contributed by atoms with E-state index in [1.54, 1.807) is 6.07 Å². The Hall–Kier alpha value is -3.29. The van der Waals surface area contributed by atoms with Gasteiger partial charge in [0.25, 0.3) is 0 Å². The van der Waals surface area contributed by atoms with Crippen LogP contribution in [0.4, 0.5) is 0 Å². The molecule has 0 saturated heterocycles. The van der Waals surface area contributed by atoms with Crippen LogP contribution in [-0.2, 0) is 23.9 Å². The second-order valence-corrected chi connectivity index (χ2v) is 9.81. The SMILES string of the molecule is COC(=O)[C@@H]1C(=O)C2=C(C[C@@H]1C)NC(C)=C(C(=O)OC1CCCCC1)[C@H]2c1ccc2c(c1)OCO2. The lowest BCUT2D eigenvalue weighted by Crippen LogP contribution is -2.43. The lowest BCUT2D eigenvalue weighted by atomic mass is 9.69. The Bertz CT molecular complexity index is 1130. The van der Waals surface area contributed by atoms with Crippen molar-refractivity contribution < 1.29 is 33.3 Å². The van der Waals surface area contributed by atoms with Gasteiger partial charge in [-0.05, 0) is 62.6 Å². The third-order valence-corrected chi connectivity index (χ3v) is 7.52. The van der Waals surface area contributed by atoms with Crippen LogP contribution in [-0.4, -0.2) is 37.7 Å². The molecule has 0 bridgehead atoms.